The van der Waals surface area contributed by atoms with E-state index >= 15 is 0 Å². The highest BCUT2D eigenvalue weighted by molar-refractivity contribution is 9.10. The first-order valence-corrected chi connectivity index (χ1v) is 7.03. The fraction of sp³-hybridized carbons (Fsp3) is 0.214. The number of aryl methyl sites for hydroxylation is 1. The Hall–Kier alpha value is -2.02. The second kappa shape index (κ2) is 6.62. The number of carbonyl (C=O) groups is 1. The monoisotopic (exact) mass is 352 g/mol. The van der Waals surface area contributed by atoms with E-state index in [9.17, 15) is 9.18 Å². The number of benzene rings is 1. The molecule has 0 saturated heterocycles. The van der Waals surface area contributed by atoms with Gasteiger partial charge in [0.25, 0.3) is 5.91 Å². The van der Waals surface area contributed by atoms with Crippen molar-refractivity contribution in [2.24, 2.45) is 5.10 Å². The van der Waals surface area contributed by atoms with E-state index in [0.717, 1.165) is 15.9 Å². The van der Waals surface area contributed by atoms with Crippen LogP contribution in [-0.2, 0) is 11.3 Å². The van der Waals surface area contributed by atoms with Crippen molar-refractivity contribution in [3.8, 4) is 0 Å². The molecule has 0 fully saturated rings. The first-order chi connectivity index (χ1) is 9.97. The van der Waals surface area contributed by atoms with E-state index in [0.29, 0.717) is 5.56 Å². The lowest BCUT2D eigenvalue weighted by atomic mass is 10.2. The molecule has 1 amide bonds. The summed E-state index contributed by atoms with van der Waals surface area (Å²) in [5.74, 6) is -0.599. The van der Waals surface area contributed by atoms with Gasteiger partial charge in [0.1, 0.15) is 12.4 Å². The van der Waals surface area contributed by atoms with Gasteiger partial charge in [-0.05, 0) is 47.5 Å². The zero-order valence-corrected chi connectivity index (χ0v) is 13.2. The van der Waals surface area contributed by atoms with Gasteiger partial charge in [0, 0.05) is 0 Å². The molecule has 0 aliphatic rings. The summed E-state index contributed by atoms with van der Waals surface area (Å²) >= 11 is 3.40. The number of aromatic nitrogens is 2. The largest absolute Gasteiger partial charge is 0.271 e. The van der Waals surface area contributed by atoms with Crippen molar-refractivity contribution in [3.05, 3.63) is 51.5 Å². The molecule has 1 aromatic heterocycles. The van der Waals surface area contributed by atoms with Gasteiger partial charge in [-0.3, -0.25) is 9.48 Å². The predicted octanol–water partition coefficient (Wildman–Crippen LogP) is 2.55. The highest BCUT2D eigenvalue weighted by atomic mass is 79.9. The molecule has 21 heavy (non-hydrogen) atoms. The molecule has 0 bridgehead atoms. The molecule has 1 N–H and O–H groups in total. The molecule has 110 valence electrons. The minimum Gasteiger partial charge on any atom is -0.271 e. The molecule has 0 spiro atoms. The van der Waals surface area contributed by atoms with Gasteiger partial charge in [-0.15, -0.1) is 0 Å². The van der Waals surface area contributed by atoms with Crippen LogP contribution in [0.15, 0.2) is 33.8 Å². The van der Waals surface area contributed by atoms with E-state index in [1.54, 1.807) is 16.8 Å². The number of nitrogens with zero attached hydrogens (tertiary/aromatic N) is 3. The summed E-state index contributed by atoms with van der Waals surface area (Å²) < 4.78 is 15.2. The molecule has 5 nitrogen and oxygen atoms in total. The van der Waals surface area contributed by atoms with Gasteiger partial charge in [-0.1, -0.05) is 12.1 Å². The van der Waals surface area contributed by atoms with Crippen molar-refractivity contribution in [1.29, 1.82) is 0 Å². The molecule has 0 aliphatic heterocycles. The van der Waals surface area contributed by atoms with Crippen LogP contribution >= 0.6 is 15.9 Å². The average Bonchev–Trinajstić information content (AvgIpc) is 2.68. The topological polar surface area (TPSA) is 59.3 Å². The Morgan fingerprint density at radius 1 is 1.43 bits per heavy atom. The van der Waals surface area contributed by atoms with E-state index in [4.69, 9.17) is 0 Å². The van der Waals surface area contributed by atoms with Crippen molar-refractivity contribution >= 4 is 28.1 Å². The van der Waals surface area contributed by atoms with Gasteiger partial charge in [0.05, 0.1) is 22.1 Å². The van der Waals surface area contributed by atoms with Crippen LogP contribution in [-0.4, -0.2) is 21.9 Å². The lowest BCUT2D eigenvalue weighted by Crippen LogP contribution is -2.24. The van der Waals surface area contributed by atoms with Crippen molar-refractivity contribution in [2.75, 3.05) is 0 Å². The Morgan fingerprint density at radius 2 is 2.10 bits per heavy atom. The van der Waals surface area contributed by atoms with Crippen LogP contribution in [0.3, 0.4) is 0 Å². The van der Waals surface area contributed by atoms with Crippen LogP contribution < -0.4 is 5.43 Å². The third-order valence-corrected chi connectivity index (χ3v) is 4.01. The molecular weight excluding hydrogens is 339 g/mol. The minimum absolute atomic E-state index is 0.0824. The zero-order chi connectivity index (χ0) is 15.4. The average molecular weight is 353 g/mol. The van der Waals surface area contributed by atoms with Gasteiger partial charge in [-0.25, -0.2) is 9.82 Å². The summed E-state index contributed by atoms with van der Waals surface area (Å²) in [6.07, 6.45) is 1.45. The van der Waals surface area contributed by atoms with Crippen LogP contribution in [0.4, 0.5) is 4.39 Å². The van der Waals surface area contributed by atoms with E-state index in [2.05, 4.69) is 31.6 Å². The molecule has 0 saturated carbocycles. The molecule has 2 rings (SSSR count). The van der Waals surface area contributed by atoms with Crippen LogP contribution in [0.2, 0.25) is 0 Å². The third kappa shape index (κ3) is 3.98. The van der Waals surface area contributed by atoms with Crippen LogP contribution in [0, 0.1) is 19.7 Å². The maximum atomic E-state index is 12.7. The fourth-order valence-corrected chi connectivity index (χ4v) is 2.01. The fourth-order valence-electron chi connectivity index (χ4n) is 1.73. The molecule has 0 radical (unpaired) electrons. The summed E-state index contributed by atoms with van der Waals surface area (Å²) in [7, 11) is 0. The van der Waals surface area contributed by atoms with E-state index < -0.39 is 0 Å². The summed E-state index contributed by atoms with van der Waals surface area (Å²) in [5, 5.41) is 8.07. The number of carbonyl (C=O) groups excluding carboxylic acids is 1. The number of nitrogens with one attached hydrogen (secondary N) is 1. The number of hydrazone groups is 1. The Labute approximate surface area is 130 Å². The molecule has 0 unspecified atom stereocenters. The highest BCUT2D eigenvalue weighted by Crippen LogP contribution is 2.19. The SMILES string of the molecule is Cc1nn(CC(=O)N/N=C\c2ccc(F)cc2)c(C)c1Br. The molecule has 0 aliphatic carbocycles. The van der Waals surface area contributed by atoms with Crippen molar-refractivity contribution in [2.45, 2.75) is 20.4 Å². The van der Waals surface area contributed by atoms with Crippen LogP contribution in [0.1, 0.15) is 17.0 Å². The van der Waals surface area contributed by atoms with E-state index in [1.807, 2.05) is 13.8 Å². The number of rotatable bonds is 4. The maximum absolute atomic E-state index is 12.7. The lowest BCUT2D eigenvalue weighted by molar-refractivity contribution is -0.121. The molecule has 2 aromatic rings. The second-order valence-corrected chi connectivity index (χ2v) is 5.28. The molecule has 1 heterocycles. The predicted molar refractivity (Wildman–Crippen MR) is 81.5 cm³/mol. The standard InChI is InChI=1S/C14H14BrFN4O/c1-9-14(15)10(2)20(19-9)8-13(21)18-17-7-11-3-5-12(16)6-4-11/h3-7H,8H2,1-2H3,(H,18,21)/b17-7-. The van der Waals surface area contributed by atoms with Crippen molar-refractivity contribution in [1.82, 2.24) is 15.2 Å². The Kier molecular flexibility index (Phi) is 4.85. The first-order valence-electron chi connectivity index (χ1n) is 6.24. The molecular formula is C14H14BrFN4O. The lowest BCUT2D eigenvalue weighted by Gasteiger charge is -2.03. The van der Waals surface area contributed by atoms with Gasteiger partial charge in [0.15, 0.2) is 0 Å². The smallest absolute Gasteiger partial charge is 0.261 e. The number of hydrogen-bond acceptors (Lipinski definition) is 3. The molecule has 1 aromatic carbocycles. The second-order valence-electron chi connectivity index (χ2n) is 4.49. The van der Waals surface area contributed by atoms with Gasteiger partial charge in [0.2, 0.25) is 0 Å². The summed E-state index contributed by atoms with van der Waals surface area (Å²) in [6, 6.07) is 5.80. The maximum Gasteiger partial charge on any atom is 0.261 e. The first kappa shape index (κ1) is 15.4. The van der Waals surface area contributed by atoms with Crippen molar-refractivity contribution < 1.29 is 9.18 Å². The summed E-state index contributed by atoms with van der Waals surface area (Å²) in [5.41, 5.74) is 4.82. The Morgan fingerprint density at radius 3 is 2.67 bits per heavy atom. The third-order valence-electron chi connectivity index (χ3n) is 2.86. The summed E-state index contributed by atoms with van der Waals surface area (Å²) in [4.78, 5) is 11.8. The van der Waals surface area contributed by atoms with E-state index in [1.165, 1.54) is 18.3 Å². The van der Waals surface area contributed by atoms with Gasteiger partial charge >= 0.3 is 0 Å². The molecule has 7 heteroatoms. The van der Waals surface area contributed by atoms with Crippen molar-refractivity contribution in [3.63, 3.8) is 0 Å². The minimum atomic E-state index is -0.314. The highest BCUT2D eigenvalue weighted by Gasteiger charge is 2.11. The quantitative estimate of drug-likeness (QED) is 0.678. The number of amides is 1. The Balaban J connectivity index is 1.93. The van der Waals surface area contributed by atoms with E-state index in [-0.39, 0.29) is 18.3 Å². The van der Waals surface area contributed by atoms with Gasteiger partial charge in [-0.2, -0.15) is 10.2 Å². The zero-order valence-electron chi connectivity index (χ0n) is 11.6. The van der Waals surface area contributed by atoms with Crippen LogP contribution in [0.25, 0.3) is 0 Å². The van der Waals surface area contributed by atoms with Crippen LogP contribution in [0.5, 0.6) is 0 Å². The number of hydrogen-bond donors (Lipinski definition) is 1. The summed E-state index contributed by atoms with van der Waals surface area (Å²) in [6.45, 7) is 3.82. The van der Waals surface area contributed by atoms with Gasteiger partial charge < -0.3 is 0 Å². The molecule has 0 atom stereocenters. The number of halogens is 2. The normalized spacial score (nSPS) is 11.0. The Bertz CT molecular complexity index is 679.